The third kappa shape index (κ3) is 5.20. The van der Waals surface area contributed by atoms with E-state index in [-0.39, 0.29) is 0 Å². The fourth-order valence-electron chi connectivity index (χ4n) is 4.52. The molecular weight excluding hydrogens is 480 g/mol. The number of aldehydes is 1. The van der Waals surface area contributed by atoms with Crippen LogP contribution in [0.3, 0.4) is 0 Å². The number of anilines is 3. The van der Waals surface area contributed by atoms with E-state index in [1.807, 2.05) is 78.9 Å². The fourth-order valence-corrected chi connectivity index (χ4v) is 4.52. The lowest BCUT2D eigenvalue weighted by molar-refractivity contribution is 0.112. The molecule has 0 N–H and O–H groups in total. The van der Waals surface area contributed by atoms with Crippen molar-refractivity contribution in [2.24, 2.45) is 0 Å². The summed E-state index contributed by atoms with van der Waals surface area (Å²) in [4.78, 5) is 27.3. The van der Waals surface area contributed by atoms with Gasteiger partial charge in [0, 0.05) is 35.0 Å². The molecule has 0 aliphatic heterocycles. The van der Waals surface area contributed by atoms with E-state index in [1.165, 1.54) is 0 Å². The predicted octanol–water partition coefficient (Wildman–Crippen LogP) is 8.15. The second kappa shape index (κ2) is 10.9. The molecule has 39 heavy (non-hydrogen) atoms. The van der Waals surface area contributed by atoms with E-state index < -0.39 is 0 Å². The number of benzene rings is 3. The molecule has 3 aromatic heterocycles. The number of nitrogens with zero attached hydrogens (tertiary/aromatic N) is 4. The largest absolute Gasteiger partial charge is 0.311 e. The molecule has 0 saturated carbocycles. The van der Waals surface area contributed by atoms with E-state index in [0.717, 1.165) is 57.3 Å². The molecule has 3 aromatic carbocycles. The van der Waals surface area contributed by atoms with Gasteiger partial charge in [-0.25, -0.2) is 4.98 Å². The lowest BCUT2D eigenvalue weighted by Gasteiger charge is -2.25. The molecule has 186 valence electrons. The Morgan fingerprint density at radius 2 is 1.00 bits per heavy atom. The molecule has 0 amide bonds. The second-order valence-electron chi connectivity index (χ2n) is 8.98. The van der Waals surface area contributed by atoms with Crippen LogP contribution in [-0.4, -0.2) is 21.2 Å². The lowest BCUT2D eigenvalue weighted by atomic mass is 10.0. The maximum atomic E-state index is 11.2. The first-order valence-corrected chi connectivity index (χ1v) is 12.6. The van der Waals surface area contributed by atoms with Gasteiger partial charge in [0.25, 0.3) is 0 Å². The summed E-state index contributed by atoms with van der Waals surface area (Å²) in [5.74, 6) is 0. The lowest BCUT2D eigenvalue weighted by Crippen LogP contribution is -2.09. The van der Waals surface area contributed by atoms with Crippen molar-refractivity contribution in [1.29, 1.82) is 0 Å². The van der Waals surface area contributed by atoms with Crippen molar-refractivity contribution in [3.8, 4) is 33.9 Å². The van der Waals surface area contributed by atoms with Gasteiger partial charge in [-0.15, -0.1) is 0 Å². The maximum absolute atomic E-state index is 11.2. The summed E-state index contributed by atoms with van der Waals surface area (Å²) in [6, 6.07) is 42.0. The van der Waals surface area contributed by atoms with E-state index in [2.05, 4.69) is 63.4 Å². The minimum Gasteiger partial charge on any atom is -0.311 e. The van der Waals surface area contributed by atoms with Crippen LogP contribution in [0.15, 0.2) is 140 Å². The molecule has 5 nitrogen and oxygen atoms in total. The summed E-state index contributed by atoms with van der Waals surface area (Å²) in [6.07, 6.45) is 4.41. The molecule has 0 spiro atoms. The quantitative estimate of drug-likeness (QED) is 0.205. The van der Waals surface area contributed by atoms with Crippen molar-refractivity contribution in [2.45, 2.75) is 0 Å². The Hall–Kier alpha value is -5.42. The molecule has 0 bridgehead atoms. The first-order valence-electron chi connectivity index (χ1n) is 12.6. The minimum absolute atomic E-state index is 0.646. The topological polar surface area (TPSA) is 59.0 Å². The number of hydrogen-bond donors (Lipinski definition) is 0. The van der Waals surface area contributed by atoms with Gasteiger partial charge in [-0.3, -0.25) is 14.8 Å². The highest BCUT2D eigenvalue weighted by Gasteiger charge is 2.14. The van der Waals surface area contributed by atoms with Crippen LogP contribution in [0.5, 0.6) is 0 Å². The van der Waals surface area contributed by atoms with E-state index in [0.29, 0.717) is 5.56 Å². The normalized spacial score (nSPS) is 10.7. The van der Waals surface area contributed by atoms with E-state index in [4.69, 9.17) is 4.98 Å². The van der Waals surface area contributed by atoms with Crippen LogP contribution in [0.25, 0.3) is 33.9 Å². The first kappa shape index (κ1) is 23.9. The number of hydrogen-bond acceptors (Lipinski definition) is 5. The number of rotatable bonds is 7. The maximum Gasteiger partial charge on any atom is 0.150 e. The Morgan fingerprint density at radius 3 is 1.51 bits per heavy atom. The number of carbonyl (C=O) groups is 1. The van der Waals surface area contributed by atoms with Crippen molar-refractivity contribution in [3.63, 3.8) is 0 Å². The molecular formula is C34H24N4O. The summed E-state index contributed by atoms with van der Waals surface area (Å²) in [6.45, 7) is 0. The molecule has 0 radical (unpaired) electrons. The van der Waals surface area contributed by atoms with Gasteiger partial charge in [-0.2, -0.15) is 0 Å². The van der Waals surface area contributed by atoms with Crippen LogP contribution in [0.2, 0.25) is 0 Å². The zero-order chi connectivity index (χ0) is 26.4. The minimum atomic E-state index is 0.646. The second-order valence-corrected chi connectivity index (χ2v) is 8.98. The molecule has 0 fully saturated rings. The molecule has 0 aliphatic rings. The Morgan fingerprint density at radius 1 is 0.487 bits per heavy atom. The molecule has 0 unspecified atom stereocenters. The fraction of sp³-hybridized carbons (Fsp3) is 0. The Bertz CT molecular complexity index is 1630. The molecule has 0 aliphatic carbocycles. The standard InChI is InChI=1S/C34H24N4O/c39-24-25-12-16-29(17-13-25)38(28-8-2-1-3-9-28)30-18-14-26(15-19-30)27-22-33(31-10-4-6-20-35-31)37-34(23-27)32-11-5-7-21-36-32/h1-24H. The number of pyridine rings is 3. The Labute approximate surface area is 227 Å². The number of para-hydroxylation sites is 1. The van der Waals surface area contributed by atoms with Crippen LogP contribution in [0.4, 0.5) is 17.1 Å². The van der Waals surface area contributed by atoms with Crippen molar-refractivity contribution in [2.75, 3.05) is 4.90 Å². The average molecular weight is 505 g/mol. The van der Waals surface area contributed by atoms with Crippen molar-refractivity contribution >= 4 is 23.3 Å². The third-order valence-corrected chi connectivity index (χ3v) is 6.44. The summed E-state index contributed by atoms with van der Waals surface area (Å²) >= 11 is 0. The molecule has 6 aromatic rings. The van der Waals surface area contributed by atoms with Gasteiger partial charge in [0.1, 0.15) is 6.29 Å². The predicted molar refractivity (Wildman–Crippen MR) is 156 cm³/mol. The highest BCUT2D eigenvalue weighted by atomic mass is 16.1. The van der Waals surface area contributed by atoms with Crippen molar-refractivity contribution in [1.82, 2.24) is 15.0 Å². The van der Waals surface area contributed by atoms with E-state index >= 15 is 0 Å². The number of aromatic nitrogens is 3. The average Bonchev–Trinajstić information content (AvgIpc) is 3.03. The van der Waals surface area contributed by atoms with Gasteiger partial charge < -0.3 is 4.90 Å². The van der Waals surface area contributed by atoms with Gasteiger partial charge in [0.05, 0.1) is 22.8 Å². The molecule has 3 heterocycles. The van der Waals surface area contributed by atoms with Gasteiger partial charge >= 0.3 is 0 Å². The summed E-state index contributed by atoms with van der Waals surface area (Å²) < 4.78 is 0. The number of carbonyl (C=O) groups excluding carboxylic acids is 1. The Balaban J connectivity index is 1.42. The van der Waals surface area contributed by atoms with Crippen LogP contribution in [-0.2, 0) is 0 Å². The highest BCUT2D eigenvalue weighted by Crippen LogP contribution is 2.36. The molecule has 6 rings (SSSR count). The van der Waals surface area contributed by atoms with Gasteiger partial charge in [-0.1, -0.05) is 42.5 Å². The van der Waals surface area contributed by atoms with Gasteiger partial charge in [0.15, 0.2) is 0 Å². The summed E-state index contributed by atoms with van der Waals surface area (Å²) in [5, 5.41) is 0. The van der Waals surface area contributed by atoms with Crippen LogP contribution in [0, 0.1) is 0 Å². The summed E-state index contributed by atoms with van der Waals surface area (Å²) in [5.41, 5.74) is 8.93. The SMILES string of the molecule is O=Cc1ccc(N(c2ccccc2)c2ccc(-c3cc(-c4ccccn4)nc(-c4ccccn4)c3)cc2)cc1. The Kier molecular flexibility index (Phi) is 6.70. The smallest absolute Gasteiger partial charge is 0.150 e. The van der Waals surface area contributed by atoms with Crippen LogP contribution in [0.1, 0.15) is 10.4 Å². The zero-order valence-electron chi connectivity index (χ0n) is 21.1. The van der Waals surface area contributed by atoms with E-state index in [9.17, 15) is 4.79 Å². The molecule has 0 saturated heterocycles. The zero-order valence-corrected chi connectivity index (χ0v) is 21.1. The summed E-state index contributed by atoms with van der Waals surface area (Å²) in [7, 11) is 0. The van der Waals surface area contributed by atoms with E-state index in [1.54, 1.807) is 12.4 Å². The monoisotopic (exact) mass is 504 g/mol. The van der Waals surface area contributed by atoms with Crippen molar-refractivity contribution in [3.05, 3.63) is 145 Å². The molecule has 5 heteroatoms. The van der Waals surface area contributed by atoms with Gasteiger partial charge in [0.2, 0.25) is 0 Å². The van der Waals surface area contributed by atoms with Crippen LogP contribution >= 0.6 is 0 Å². The first-order chi connectivity index (χ1) is 19.3. The van der Waals surface area contributed by atoms with Crippen molar-refractivity contribution < 1.29 is 4.79 Å². The molecule has 0 atom stereocenters. The highest BCUT2D eigenvalue weighted by molar-refractivity contribution is 5.82. The van der Waals surface area contributed by atoms with Gasteiger partial charge in [-0.05, 0) is 96.1 Å². The third-order valence-electron chi connectivity index (χ3n) is 6.44. The van der Waals surface area contributed by atoms with Crippen LogP contribution < -0.4 is 4.90 Å².